The van der Waals surface area contributed by atoms with Crippen molar-refractivity contribution in [3.05, 3.63) is 0 Å². The van der Waals surface area contributed by atoms with Gasteiger partial charge in [0.2, 0.25) is 0 Å². The summed E-state index contributed by atoms with van der Waals surface area (Å²) in [5, 5.41) is 0. The number of nitrogens with zero attached hydrogens (tertiary/aromatic N) is 2. The maximum absolute atomic E-state index is 5.96. The van der Waals surface area contributed by atoms with Crippen molar-refractivity contribution in [2.45, 2.75) is 31.9 Å². The lowest BCUT2D eigenvalue weighted by atomic mass is 9.75. The average molecular weight is 228 g/mol. The second-order valence-electron chi connectivity index (χ2n) is 5.49. The number of hydrogen-bond donors (Lipinski definition) is 0. The van der Waals surface area contributed by atoms with Gasteiger partial charge in [-0.15, -0.1) is 0 Å². The highest BCUT2D eigenvalue weighted by Gasteiger charge is 2.41. The molecule has 0 aromatic rings. The summed E-state index contributed by atoms with van der Waals surface area (Å²) in [4.78, 5) is 4.30. The van der Waals surface area contributed by atoms with E-state index in [9.17, 15) is 0 Å². The van der Waals surface area contributed by atoms with E-state index in [0.29, 0.717) is 5.82 Å². The zero-order valence-corrected chi connectivity index (χ0v) is 11.4. The van der Waals surface area contributed by atoms with E-state index in [1.165, 1.54) is 0 Å². The Morgan fingerprint density at radius 1 is 0.938 bits per heavy atom. The standard InChI is InChI=1S/C11H25BN2O2/c1-9(2)12-15-10(7-13(3)4)11(16-12)8-14(5)6/h9-11H,7-8H2,1-6H3/t10-,11-/m1/s1. The molecule has 1 saturated heterocycles. The van der Waals surface area contributed by atoms with Crippen LogP contribution in [0.15, 0.2) is 0 Å². The van der Waals surface area contributed by atoms with Crippen LogP contribution in [-0.2, 0) is 9.31 Å². The van der Waals surface area contributed by atoms with Crippen LogP contribution in [0.2, 0.25) is 5.82 Å². The van der Waals surface area contributed by atoms with Crippen LogP contribution >= 0.6 is 0 Å². The minimum Gasteiger partial charge on any atom is -0.404 e. The second-order valence-corrected chi connectivity index (χ2v) is 5.49. The second kappa shape index (κ2) is 6.01. The first-order valence-electron chi connectivity index (χ1n) is 6.00. The molecule has 0 aromatic heterocycles. The van der Waals surface area contributed by atoms with E-state index in [1.54, 1.807) is 0 Å². The first-order chi connectivity index (χ1) is 7.40. The predicted octanol–water partition coefficient (Wildman–Crippen LogP) is 0.792. The molecular weight excluding hydrogens is 203 g/mol. The normalized spacial score (nSPS) is 26.4. The first-order valence-corrected chi connectivity index (χ1v) is 6.00. The molecular formula is C11H25BN2O2. The van der Waals surface area contributed by atoms with E-state index in [0.717, 1.165) is 13.1 Å². The number of likely N-dealkylation sites (N-methyl/N-ethyl adjacent to an activating group) is 2. The lowest BCUT2D eigenvalue weighted by Gasteiger charge is -2.24. The molecule has 0 unspecified atom stereocenters. The Morgan fingerprint density at radius 3 is 1.56 bits per heavy atom. The quantitative estimate of drug-likeness (QED) is 0.649. The Labute approximate surface area is 100 Å². The largest absolute Gasteiger partial charge is 0.460 e. The van der Waals surface area contributed by atoms with Crippen LogP contribution in [0, 0.1) is 0 Å². The van der Waals surface area contributed by atoms with Crippen LogP contribution in [0.25, 0.3) is 0 Å². The van der Waals surface area contributed by atoms with Crippen LogP contribution in [-0.4, -0.2) is 70.4 Å². The van der Waals surface area contributed by atoms with Gasteiger partial charge in [-0.2, -0.15) is 0 Å². The molecule has 0 spiro atoms. The van der Waals surface area contributed by atoms with Gasteiger partial charge < -0.3 is 19.1 Å². The van der Waals surface area contributed by atoms with Crippen molar-refractivity contribution in [1.82, 2.24) is 9.80 Å². The minimum absolute atomic E-state index is 0.0464. The lowest BCUT2D eigenvalue weighted by Crippen LogP contribution is -2.39. The predicted molar refractivity (Wildman–Crippen MR) is 67.7 cm³/mol. The molecule has 0 aromatic carbocycles. The summed E-state index contributed by atoms with van der Waals surface area (Å²) in [6.45, 7) is 6.11. The van der Waals surface area contributed by atoms with Gasteiger partial charge in [-0.1, -0.05) is 13.8 Å². The van der Waals surface area contributed by atoms with Crippen LogP contribution in [0.3, 0.4) is 0 Å². The zero-order chi connectivity index (χ0) is 12.3. The molecule has 94 valence electrons. The fourth-order valence-corrected chi connectivity index (χ4v) is 1.91. The Morgan fingerprint density at radius 2 is 1.31 bits per heavy atom. The molecule has 5 heteroatoms. The third kappa shape index (κ3) is 4.05. The highest BCUT2D eigenvalue weighted by Crippen LogP contribution is 2.24. The molecule has 0 N–H and O–H groups in total. The molecule has 0 bridgehead atoms. The van der Waals surface area contributed by atoms with Gasteiger partial charge in [-0.05, 0) is 34.0 Å². The van der Waals surface area contributed by atoms with Gasteiger partial charge >= 0.3 is 7.12 Å². The van der Waals surface area contributed by atoms with Crippen molar-refractivity contribution < 1.29 is 9.31 Å². The molecule has 1 aliphatic rings. The summed E-state index contributed by atoms with van der Waals surface area (Å²) in [7, 11) is 8.23. The van der Waals surface area contributed by atoms with E-state index >= 15 is 0 Å². The van der Waals surface area contributed by atoms with Crippen molar-refractivity contribution in [2.24, 2.45) is 0 Å². The van der Waals surface area contributed by atoms with Crippen molar-refractivity contribution in [2.75, 3.05) is 41.3 Å². The molecule has 1 heterocycles. The lowest BCUT2D eigenvalue weighted by molar-refractivity contribution is 0.103. The summed E-state index contributed by atoms with van der Waals surface area (Å²) < 4.78 is 11.9. The number of hydrogen-bond acceptors (Lipinski definition) is 4. The van der Waals surface area contributed by atoms with Gasteiger partial charge in [-0.25, -0.2) is 0 Å². The SMILES string of the molecule is CC(C)B1O[C@H](CN(C)C)[C@@H](CN(C)C)O1. The van der Waals surface area contributed by atoms with Crippen LogP contribution < -0.4 is 0 Å². The van der Waals surface area contributed by atoms with E-state index in [1.807, 2.05) is 0 Å². The topological polar surface area (TPSA) is 24.9 Å². The van der Waals surface area contributed by atoms with E-state index in [-0.39, 0.29) is 19.3 Å². The summed E-state index contributed by atoms with van der Waals surface area (Å²) in [5.41, 5.74) is 0. The fraction of sp³-hybridized carbons (Fsp3) is 1.00. The molecule has 0 radical (unpaired) electrons. The highest BCUT2D eigenvalue weighted by atomic mass is 16.7. The van der Waals surface area contributed by atoms with Crippen LogP contribution in [0.1, 0.15) is 13.8 Å². The molecule has 4 nitrogen and oxygen atoms in total. The van der Waals surface area contributed by atoms with Gasteiger partial charge in [-0.3, -0.25) is 0 Å². The fourth-order valence-electron chi connectivity index (χ4n) is 1.91. The smallest absolute Gasteiger partial charge is 0.404 e. The summed E-state index contributed by atoms with van der Waals surface area (Å²) in [6, 6.07) is 0. The Bertz CT molecular complexity index is 194. The zero-order valence-electron chi connectivity index (χ0n) is 11.4. The molecule has 2 atom stereocenters. The molecule has 1 rings (SSSR count). The Kier molecular flexibility index (Phi) is 5.24. The Hall–Kier alpha value is -0.0951. The Balaban J connectivity index is 2.56. The third-order valence-electron chi connectivity index (χ3n) is 2.67. The van der Waals surface area contributed by atoms with Gasteiger partial charge in [0.05, 0.1) is 12.2 Å². The van der Waals surface area contributed by atoms with Gasteiger partial charge in [0, 0.05) is 13.1 Å². The van der Waals surface area contributed by atoms with E-state index in [2.05, 4.69) is 51.8 Å². The van der Waals surface area contributed by atoms with E-state index in [4.69, 9.17) is 9.31 Å². The average Bonchev–Trinajstić information content (AvgIpc) is 2.46. The summed E-state index contributed by atoms with van der Waals surface area (Å²) in [6.07, 6.45) is 0.370. The first kappa shape index (κ1) is 14.0. The van der Waals surface area contributed by atoms with Crippen molar-refractivity contribution in [3.8, 4) is 0 Å². The van der Waals surface area contributed by atoms with Crippen molar-refractivity contribution in [1.29, 1.82) is 0 Å². The van der Waals surface area contributed by atoms with Gasteiger partial charge in [0.1, 0.15) is 0 Å². The number of rotatable bonds is 5. The molecule has 1 aliphatic heterocycles. The summed E-state index contributed by atoms with van der Waals surface area (Å²) >= 11 is 0. The maximum atomic E-state index is 5.96. The van der Waals surface area contributed by atoms with Gasteiger partial charge in [0.15, 0.2) is 0 Å². The van der Waals surface area contributed by atoms with Gasteiger partial charge in [0.25, 0.3) is 0 Å². The molecule has 0 aliphatic carbocycles. The van der Waals surface area contributed by atoms with Crippen LogP contribution in [0.5, 0.6) is 0 Å². The van der Waals surface area contributed by atoms with Crippen molar-refractivity contribution >= 4 is 7.12 Å². The molecule has 16 heavy (non-hydrogen) atoms. The minimum atomic E-state index is -0.0464. The molecule has 0 saturated carbocycles. The van der Waals surface area contributed by atoms with E-state index < -0.39 is 0 Å². The summed E-state index contributed by atoms with van der Waals surface area (Å²) in [5.74, 6) is 0.414. The van der Waals surface area contributed by atoms with Crippen LogP contribution in [0.4, 0.5) is 0 Å². The maximum Gasteiger partial charge on any atom is 0.460 e. The molecule has 0 amide bonds. The van der Waals surface area contributed by atoms with Crippen molar-refractivity contribution in [3.63, 3.8) is 0 Å². The highest BCUT2D eigenvalue weighted by molar-refractivity contribution is 6.46. The monoisotopic (exact) mass is 228 g/mol. The third-order valence-corrected chi connectivity index (χ3v) is 2.67. The molecule has 1 fully saturated rings.